The first-order chi connectivity index (χ1) is 12.1. The highest BCUT2D eigenvalue weighted by atomic mass is 32.2. The number of carbonyl (C=O) groups is 1. The molecule has 0 bridgehead atoms. The number of nitrogens with zero attached hydrogens (tertiary/aromatic N) is 1. The van der Waals surface area contributed by atoms with E-state index in [4.69, 9.17) is 9.72 Å². The highest BCUT2D eigenvalue weighted by molar-refractivity contribution is 8.00. The summed E-state index contributed by atoms with van der Waals surface area (Å²) in [6, 6.07) is 15.7. The average Bonchev–Trinajstić information content (AvgIpc) is 2.65. The van der Waals surface area contributed by atoms with E-state index in [9.17, 15) is 4.79 Å². The van der Waals surface area contributed by atoms with Crippen LogP contribution in [0.1, 0.15) is 28.4 Å². The van der Waals surface area contributed by atoms with Crippen LogP contribution in [-0.4, -0.2) is 23.6 Å². The molecule has 3 nitrogen and oxygen atoms in total. The molecule has 1 aromatic heterocycles. The van der Waals surface area contributed by atoms with Crippen LogP contribution < -0.4 is 4.74 Å². The van der Waals surface area contributed by atoms with Crippen LogP contribution in [0.2, 0.25) is 0 Å². The number of carbonyl (C=O) groups excluding carboxylic acids is 1. The molecule has 0 aliphatic heterocycles. The number of hydrogen-bond donors (Lipinski definition) is 0. The number of benzene rings is 2. The predicted molar refractivity (Wildman–Crippen MR) is 104 cm³/mol. The lowest BCUT2D eigenvalue weighted by atomic mass is 10.1. The van der Waals surface area contributed by atoms with E-state index in [1.807, 2.05) is 12.1 Å². The molecule has 128 valence electrons. The molecule has 0 N–H and O–H groups in total. The molecule has 0 atom stereocenters. The van der Waals surface area contributed by atoms with Crippen LogP contribution >= 0.6 is 11.8 Å². The van der Waals surface area contributed by atoms with Crippen LogP contribution in [0.5, 0.6) is 5.75 Å². The lowest BCUT2D eigenvalue weighted by Crippen LogP contribution is -2.03. The van der Waals surface area contributed by atoms with Crippen LogP contribution in [0.4, 0.5) is 0 Å². The highest BCUT2D eigenvalue weighted by Gasteiger charge is 2.11. The Hall–Kier alpha value is -2.33. The predicted octanol–water partition coefficient (Wildman–Crippen LogP) is 5.09. The van der Waals surface area contributed by atoms with Gasteiger partial charge in [0.2, 0.25) is 0 Å². The maximum absolute atomic E-state index is 12.4. The van der Waals surface area contributed by atoms with Crippen LogP contribution in [0.15, 0.2) is 53.6 Å². The van der Waals surface area contributed by atoms with Gasteiger partial charge in [0.15, 0.2) is 5.78 Å². The van der Waals surface area contributed by atoms with Gasteiger partial charge in [-0.2, -0.15) is 0 Å². The van der Waals surface area contributed by atoms with Crippen LogP contribution in [0.25, 0.3) is 10.9 Å². The number of thioether (sulfide) groups is 1. The largest absolute Gasteiger partial charge is 0.497 e. The Labute approximate surface area is 152 Å². The third kappa shape index (κ3) is 4.02. The molecule has 0 radical (unpaired) electrons. The monoisotopic (exact) mass is 351 g/mol. The lowest BCUT2D eigenvalue weighted by molar-refractivity contribution is 0.102. The van der Waals surface area contributed by atoms with Crippen molar-refractivity contribution >= 4 is 28.4 Å². The van der Waals surface area contributed by atoms with Crippen molar-refractivity contribution in [1.82, 2.24) is 4.98 Å². The second-order valence-electron chi connectivity index (χ2n) is 5.94. The first-order valence-corrected chi connectivity index (χ1v) is 9.29. The van der Waals surface area contributed by atoms with Gasteiger partial charge in [0.05, 0.1) is 18.4 Å². The van der Waals surface area contributed by atoms with Crippen LogP contribution in [-0.2, 0) is 6.42 Å². The number of aromatic nitrogens is 1. The van der Waals surface area contributed by atoms with E-state index in [0.717, 1.165) is 28.1 Å². The minimum absolute atomic E-state index is 0.0980. The number of fused-ring (bicyclic) bond motifs is 1. The van der Waals surface area contributed by atoms with Gasteiger partial charge in [-0.3, -0.25) is 4.79 Å². The zero-order valence-corrected chi connectivity index (χ0v) is 15.5. The molecule has 0 spiro atoms. The minimum Gasteiger partial charge on any atom is -0.497 e. The third-order valence-electron chi connectivity index (χ3n) is 4.15. The third-order valence-corrected chi connectivity index (χ3v) is 5.18. The number of ether oxygens (including phenoxy) is 1. The molecule has 0 aliphatic carbocycles. The van der Waals surface area contributed by atoms with Gasteiger partial charge in [0, 0.05) is 10.9 Å². The van der Waals surface area contributed by atoms with Crippen molar-refractivity contribution in [2.24, 2.45) is 0 Å². The maximum atomic E-state index is 12.4. The Kier molecular flexibility index (Phi) is 5.39. The maximum Gasteiger partial charge on any atom is 0.173 e. The quantitative estimate of drug-likeness (QED) is 0.458. The number of Topliss-reactive ketones (excluding diaryl/α,β-unsaturated/α-hetero) is 1. The fourth-order valence-electron chi connectivity index (χ4n) is 2.68. The molecule has 3 rings (SSSR count). The summed E-state index contributed by atoms with van der Waals surface area (Å²) in [7, 11) is 1.62. The molecule has 0 saturated heterocycles. The smallest absolute Gasteiger partial charge is 0.173 e. The number of aryl methyl sites for hydroxylation is 2. The highest BCUT2D eigenvalue weighted by Crippen LogP contribution is 2.27. The van der Waals surface area contributed by atoms with Crippen molar-refractivity contribution in [3.05, 3.63) is 65.2 Å². The Bertz CT molecular complexity index is 904. The Morgan fingerprint density at radius 2 is 1.88 bits per heavy atom. The molecule has 0 fully saturated rings. The van der Waals surface area contributed by atoms with Crippen molar-refractivity contribution in [2.75, 3.05) is 12.9 Å². The van der Waals surface area contributed by atoms with Crippen molar-refractivity contribution in [1.29, 1.82) is 0 Å². The first-order valence-electron chi connectivity index (χ1n) is 8.31. The van der Waals surface area contributed by atoms with E-state index in [1.54, 1.807) is 19.2 Å². The molecule has 0 aliphatic rings. The normalized spacial score (nSPS) is 10.8. The molecule has 25 heavy (non-hydrogen) atoms. The van der Waals surface area contributed by atoms with Crippen LogP contribution in [0.3, 0.4) is 0 Å². The van der Waals surface area contributed by atoms with E-state index < -0.39 is 0 Å². The molecular formula is C21H21NO2S. The standard InChI is InChI=1S/C21H21NO2S/c1-4-15-12-17-6-5-14(2)11-19(17)22-21(15)25-13-20(23)16-7-9-18(24-3)10-8-16/h5-12H,4,13H2,1-3H3. The molecule has 1 heterocycles. The molecular weight excluding hydrogens is 330 g/mol. The van der Waals surface area contributed by atoms with Gasteiger partial charge in [-0.05, 0) is 60.9 Å². The molecule has 0 amide bonds. The zero-order valence-electron chi connectivity index (χ0n) is 14.7. The van der Waals surface area contributed by atoms with Crippen molar-refractivity contribution < 1.29 is 9.53 Å². The van der Waals surface area contributed by atoms with Gasteiger partial charge < -0.3 is 4.74 Å². The second-order valence-corrected chi connectivity index (χ2v) is 6.91. The molecule has 3 aromatic rings. The van der Waals surface area contributed by atoms with E-state index in [1.165, 1.54) is 22.9 Å². The summed E-state index contributed by atoms with van der Waals surface area (Å²) in [5.41, 5.74) is 4.05. The van der Waals surface area contributed by atoms with E-state index in [0.29, 0.717) is 11.3 Å². The summed E-state index contributed by atoms with van der Waals surface area (Å²) in [6.45, 7) is 4.18. The number of ketones is 1. The first kappa shape index (κ1) is 17.5. The van der Waals surface area contributed by atoms with Gasteiger partial charge in [0.25, 0.3) is 0 Å². The molecule has 4 heteroatoms. The summed E-state index contributed by atoms with van der Waals surface area (Å²) in [5, 5.41) is 2.09. The fourth-order valence-corrected chi connectivity index (χ4v) is 3.66. The molecule has 0 saturated carbocycles. The van der Waals surface area contributed by atoms with Gasteiger partial charge in [-0.15, -0.1) is 0 Å². The van der Waals surface area contributed by atoms with E-state index in [-0.39, 0.29) is 5.78 Å². The van der Waals surface area contributed by atoms with Gasteiger partial charge in [-0.25, -0.2) is 4.98 Å². The summed E-state index contributed by atoms with van der Waals surface area (Å²) < 4.78 is 5.13. The van der Waals surface area contributed by atoms with Gasteiger partial charge >= 0.3 is 0 Å². The number of rotatable bonds is 6. The lowest BCUT2D eigenvalue weighted by Gasteiger charge is -2.09. The molecule has 0 unspecified atom stereocenters. The summed E-state index contributed by atoms with van der Waals surface area (Å²) >= 11 is 1.51. The Balaban J connectivity index is 1.80. The molecule has 2 aromatic carbocycles. The van der Waals surface area contributed by atoms with Gasteiger partial charge in [-0.1, -0.05) is 30.8 Å². The number of methoxy groups -OCH3 is 1. The summed E-state index contributed by atoms with van der Waals surface area (Å²) in [6.07, 6.45) is 0.899. The zero-order chi connectivity index (χ0) is 17.8. The van der Waals surface area contributed by atoms with Gasteiger partial charge in [0.1, 0.15) is 10.8 Å². The number of hydrogen-bond acceptors (Lipinski definition) is 4. The Morgan fingerprint density at radius 1 is 1.12 bits per heavy atom. The SMILES string of the molecule is CCc1cc2ccc(C)cc2nc1SCC(=O)c1ccc(OC)cc1. The summed E-state index contributed by atoms with van der Waals surface area (Å²) in [4.78, 5) is 17.2. The number of pyridine rings is 1. The van der Waals surface area contributed by atoms with Crippen molar-refractivity contribution in [2.45, 2.75) is 25.3 Å². The van der Waals surface area contributed by atoms with Crippen molar-refractivity contribution in [3.8, 4) is 5.75 Å². The second kappa shape index (κ2) is 7.70. The van der Waals surface area contributed by atoms with E-state index in [2.05, 4.69) is 38.1 Å². The average molecular weight is 351 g/mol. The van der Waals surface area contributed by atoms with Crippen molar-refractivity contribution in [3.63, 3.8) is 0 Å². The topological polar surface area (TPSA) is 39.2 Å². The minimum atomic E-state index is 0.0980. The van der Waals surface area contributed by atoms with E-state index >= 15 is 0 Å². The van der Waals surface area contributed by atoms with Crippen LogP contribution in [0, 0.1) is 6.92 Å². The fraction of sp³-hybridized carbons (Fsp3) is 0.238. The summed E-state index contributed by atoms with van der Waals surface area (Å²) in [5.74, 6) is 1.23. The Morgan fingerprint density at radius 3 is 2.56 bits per heavy atom.